The lowest BCUT2D eigenvalue weighted by atomic mass is 9.91. The molecule has 0 amide bonds. The lowest BCUT2D eigenvalue weighted by molar-refractivity contribution is 1.04. The van der Waals surface area contributed by atoms with Crippen LogP contribution in [0.2, 0.25) is 0 Å². The van der Waals surface area contributed by atoms with Crippen LogP contribution in [0, 0.1) is 11.3 Å². The molecule has 0 heterocycles. The molecule has 0 spiro atoms. The standard InChI is InChI=1S/C20H15N/c21-15-20(18-9-5-2-6-10-18)19-13-11-17(12-14-19)16-7-3-1-4-8-16/h1-14,20H. The summed E-state index contributed by atoms with van der Waals surface area (Å²) in [6.45, 7) is 0. The van der Waals surface area contributed by atoms with E-state index in [1.54, 1.807) is 0 Å². The van der Waals surface area contributed by atoms with Crippen LogP contribution in [0.15, 0.2) is 84.9 Å². The van der Waals surface area contributed by atoms with Gasteiger partial charge < -0.3 is 0 Å². The number of rotatable bonds is 3. The van der Waals surface area contributed by atoms with Gasteiger partial charge in [0.05, 0.1) is 12.0 Å². The van der Waals surface area contributed by atoms with Gasteiger partial charge in [-0.25, -0.2) is 0 Å². The molecule has 0 saturated heterocycles. The quantitative estimate of drug-likeness (QED) is 0.655. The summed E-state index contributed by atoms with van der Waals surface area (Å²) in [6.07, 6.45) is 0. The van der Waals surface area contributed by atoms with E-state index in [1.165, 1.54) is 11.1 Å². The van der Waals surface area contributed by atoms with Crippen molar-refractivity contribution in [3.05, 3.63) is 96.1 Å². The van der Waals surface area contributed by atoms with Gasteiger partial charge in [0.25, 0.3) is 0 Å². The molecular formula is C20H15N. The van der Waals surface area contributed by atoms with E-state index in [0.717, 1.165) is 11.1 Å². The van der Waals surface area contributed by atoms with Gasteiger partial charge >= 0.3 is 0 Å². The van der Waals surface area contributed by atoms with Gasteiger partial charge in [-0.2, -0.15) is 5.26 Å². The molecular weight excluding hydrogens is 254 g/mol. The van der Waals surface area contributed by atoms with E-state index in [4.69, 9.17) is 0 Å². The Morgan fingerprint density at radius 3 is 1.62 bits per heavy atom. The van der Waals surface area contributed by atoms with Crippen molar-refractivity contribution < 1.29 is 0 Å². The minimum absolute atomic E-state index is 0.212. The van der Waals surface area contributed by atoms with Gasteiger partial charge in [0.15, 0.2) is 0 Å². The smallest absolute Gasteiger partial charge is 0.0962 e. The van der Waals surface area contributed by atoms with Gasteiger partial charge in [0, 0.05) is 0 Å². The first-order valence-electron chi connectivity index (χ1n) is 6.98. The van der Waals surface area contributed by atoms with Crippen molar-refractivity contribution in [1.29, 1.82) is 5.26 Å². The highest BCUT2D eigenvalue weighted by Gasteiger charge is 2.12. The Kier molecular flexibility index (Phi) is 3.80. The zero-order valence-electron chi connectivity index (χ0n) is 11.6. The molecule has 1 heteroatoms. The summed E-state index contributed by atoms with van der Waals surface area (Å²) in [5, 5.41) is 9.47. The third-order valence-corrected chi connectivity index (χ3v) is 3.61. The molecule has 1 unspecified atom stereocenters. The fraction of sp³-hybridized carbons (Fsp3) is 0.0500. The lowest BCUT2D eigenvalue weighted by Gasteiger charge is -2.10. The maximum Gasteiger partial charge on any atom is 0.0962 e. The second-order valence-electron chi connectivity index (χ2n) is 4.96. The highest BCUT2D eigenvalue weighted by Crippen LogP contribution is 2.26. The Bertz CT molecular complexity index is 737. The van der Waals surface area contributed by atoms with Gasteiger partial charge in [-0.3, -0.25) is 0 Å². The molecule has 0 fully saturated rings. The van der Waals surface area contributed by atoms with Crippen molar-refractivity contribution in [3.63, 3.8) is 0 Å². The van der Waals surface area contributed by atoms with Gasteiger partial charge in [-0.15, -0.1) is 0 Å². The van der Waals surface area contributed by atoms with Crippen LogP contribution in [-0.4, -0.2) is 0 Å². The molecule has 0 aromatic heterocycles. The van der Waals surface area contributed by atoms with Crippen LogP contribution in [0.1, 0.15) is 17.0 Å². The molecule has 0 bridgehead atoms. The summed E-state index contributed by atoms with van der Waals surface area (Å²) in [5.41, 5.74) is 4.43. The van der Waals surface area contributed by atoms with Gasteiger partial charge in [-0.05, 0) is 22.3 Å². The Hall–Kier alpha value is -2.85. The highest BCUT2D eigenvalue weighted by molar-refractivity contribution is 5.63. The van der Waals surface area contributed by atoms with Crippen LogP contribution < -0.4 is 0 Å². The zero-order chi connectivity index (χ0) is 14.5. The van der Waals surface area contributed by atoms with Gasteiger partial charge in [0.1, 0.15) is 0 Å². The Balaban J connectivity index is 1.92. The predicted molar refractivity (Wildman–Crippen MR) is 85.8 cm³/mol. The molecule has 0 aliphatic carbocycles. The van der Waals surface area contributed by atoms with Crippen LogP contribution in [0.4, 0.5) is 0 Å². The predicted octanol–water partition coefficient (Wildman–Crippen LogP) is 5.01. The number of nitriles is 1. The molecule has 21 heavy (non-hydrogen) atoms. The van der Waals surface area contributed by atoms with Crippen LogP contribution in [0.3, 0.4) is 0 Å². The fourth-order valence-corrected chi connectivity index (χ4v) is 2.49. The fourth-order valence-electron chi connectivity index (χ4n) is 2.49. The minimum atomic E-state index is -0.212. The van der Waals surface area contributed by atoms with E-state index in [2.05, 4.69) is 30.3 Å². The first kappa shape index (κ1) is 13.1. The van der Waals surface area contributed by atoms with Gasteiger partial charge in [-0.1, -0.05) is 84.9 Å². The summed E-state index contributed by atoms with van der Waals surface area (Å²) in [4.78, 5) is 0. The molecule has 0 N–H and O–H groups in total. The van der Waals surface area contributed by atoms with Crippen LogP contribution in [-0.2, 0) is 0 Å². The second-order valence-corrected chi connectivity index (χ2v) is 4.96. The van der Waals surface area contributed by atoms with E-state index < -0.39 is 0 Å². The average Bonchev–Trinajstić information content (AvgIpc) is 2.58. The summed E-state index contributed by atoms with van der Waals surface area (Å²) < 4.78 is 0. The Morgan fingerprint density at radius 1 is 0.571 bits per heavy atom. The normalized spacial score (nSPS) is 11.6. The molecule has 0 aliphatic heterocycles. The van der Waals surface area contributed by atoms with Crippen LogP contribution in [0.25, 0.3) is 11.1 Å². The van der Waals surface area contributed by atoms with Crippen molar-refractivity contribution in [1.82, 2.24) is 0 Å². The molecule has 3 aromatic rings. The molecule has 0 saturated carbocycles. The maximum absolute atomic E-state index is 9.47. The van der Waals surface area contributed by atoms with Crippen molar-refractivity contribution in [3.8, 4) is 17.2 Å². The number of benzene rings is 3. The number of hydrogen-bond donors (Lipinski definition) is 0. The lowest BCUT2D eigenvalue weighted by Crippen LogP contribution is -1.97. The Morgan fingerprint density at radius 2 is 1.05 bits per heavy atom. The molecule has 0 aliphatic rings. The third kappa shape index (κ3) is 2.85. The SMILES string of the molecule is N#CC(c1ccccc1)c1ccc(-c2ccccc2)cc1. The molecule has 3 rings (SSSR count). The first-order valence-corrected chi connectivity index (χ1v) is 6.98. The molecule has 1 nitrogen and oxygen atoms in total. The van der Waals surface area contributed by atoms with Crippen molar-refractivity contribution in [2.24, 2.45) is 0 Å². The number of nitrogens with zero attached hydrogens (tertiary/aromatic N) is 1. The molecule has 3 aromatic carbocycles. The summed E-state index contributed by atoms with van der Waals surface area (Å²) in [7, 11) is 0. The first-order chi connectivity index (χ1) is 10.4. The van der Waals surface area contributed by atoms with E-state index in [0.29, 0.717) is 0 Å². The van der Waals surface area contributed by atoms with E-state index in [-0.39, 0.29) is 5.92 Å². The molecule has 0 radical (unpaired) electrons. The van der Waals surface area contributed by atoms with Crippen LogP contribution in [0.5, 0.6) is 0 Å². The van der Waals surface area contributed by atoms with E-state index >= 15 is 0 Å². The van der Waals surface area contributed by atoms with Crippen molar-refractivity contribution in [2.45, 2.75) is 5.92 Å². The third-order valence-electron chi connectivity index (χ3n) is 3.61. The van der Waals surface area contributed by atoms with Crippen LogP contribution >= 0.6 is 0 Å². The Labute approximate surface area is 125 Å². The number of hydrogen-bond acceptors (Lipinski definition) is 1. The van der Waals surface area contributed by atoms with Crippen molar-refractivity contribution in [2.75, 3.05) is 0 Å². The maximum atomic E-state index is 9.47. The van der Waals surface area contributed by atoms with E-state index in [9.17, 15) is 5.26 Å². The largest absolute Gasteiger partial charge is 0.197 e. The van der Waals surface area contributed by atoms with Crippen molar-refractivity contribution >= 4 is 0 Å². The minimum Gasteiger partial charge on any atom is -0.197 e. The molecule has 1 atom stereocenters. The highest BCUT2D eigenvalue weighted by atomic mass is 14.3. The summed E-state index contributed by atoms with van der Waals surface area (Å²) in [6, 6.07) is 30.8. The average molecular weight is 269 g/mol. The summed E-state index contributed by atoms with van der Waals surface area (Å²) >= 11 is 0. The molecule has 100 valence electrons. The second kappa shape index (κ2) is 6.07. The van der Waals surface area contributed by atoms with E-state index in [1.807, 2.05) is 60.7 Å². The topological polar surface area (TPSA) is 23.8 Å². The monoisotopic (exact) mass is 269 g/mol. The summed E-state index contributed by atoms with van der Waals surface area (Å²) in [5.74, 6) is -0.212. The zero-order valence-corrected chi connectivity index (χ0v) is 11.6. The van der Waals surface area contributed by atoms with Gasteiger partial charge in [0.2, 0.25) is 0 Å².